The third-order valence-electron chi connectivity index (χ3n) is 5.18. The van der Waals surface area contributed by atoms with Crippen LogP contribution in [0.1, 0.15) is 18.2 Å². The molecule has 0 aromatic carbocycles. The second-order valence-corrected chi connectivity index (χ2v) is 6.94. The van der Waals surface area contributed by atoms with Crippen LogP contribution in [0.5, 0.6) is 0 Å². The van der Waals surface area contributed by atoms with E-state index >= 15 is 0 Å². The Balaban J connectivity index is 1.48. The standard InChI is InChI=1S/C20H23N7O2/c1-3-14-5-4-7-21-17(14)26-9-11-27(12-10-26)19-22-8-6-15(23-19)13-16-18(28)24-20(29)25(16)2/h4-8,13H,3,9-12H2,1-2H3,(H,24,28,29). The summed E-state index contributed by atoms with van der Waals surface area (Å²) in [6.45, 7) is 5.36. The van der Waals surface area contributed by atoms with E-state index in [1.54, 1.807) is 25.4 Å². The van der Waals surface area contributed by atoms with Crippen molar-refractivity contribution in [3.8, 4) is 0 Å². The molecule has 0 unspecified atom stereocenters. The number of anilines is 2. The van der Waals surface area contributed by atoms with Crippen LogP contribution in [-0.4, -0.2) is 65.0 Å². The number of pyridine rings is 1. The van der Waals surface area contributed by atoms with Crippen molar-refractivity contribution in [3.05, 3.63) is 47.5 Å². The van der Waals surface area contributed by atoms with Gasteiger partial charge in [-0.25, -0.2) is 19.7 Å². The molecule has 9 heteroatoms. The summed E-state index contributed by atoms with van der Waals surface area (Å²) in [6, 6.07) is 5.38. The molecular weight excluding hydrogens is 370 g/mol. The lowest BCUT2D eigenvalue weighted by atomic mass is 10.2. The van der Waals surface area contributed by atoms with Crippen molar-refractivity contribution in [1.82, 2.24) is 25.2 Å². The smallest absolute Gasteiger partial charge is 0.328 e. The van der Waals surface area contributed by atoms with Crippen molar-refractivity contribution in [3.63, 3.8) is 0 Å². The first-order valence-electron chi connectivity index (χ1n) is 9.64. The maximum Gasteiger partial charge on any atom is 0.328 e. The number of rotatable bonds is 4. The Morgan fingerprint density at radius 1 is 1.07 bits per heavy atom. The molecule has 2 saturated heterocycles. The van der Waals surface area contributed by atoms with Crippen molar-refractivity contribution >= 4 is 29.8 Å². The van der Waals surface area contributed by atoms with Gasteiger partial charge >= 0.3 is 6.03 Å². The van der Waals surface area contributed by atoms with E-state index < -0.39 is 11.9 Å². The van der Waals surface area contributed by atoms with Crippen molar-refractivity contribution in [2.45, 2.75) is 13.3 Å². The summed E-state index contributed by atoms with van der Waals surface area (Å²) in [6.07, 6.45) is 6.06. The van der Waals surface area contributed by atoms with Crippen LogP contribution in [0.3, 0.4) is 0 Å². The number of urea groups is 1. The fourth-order valence-corrected chi connectivity index (χ4v) is 3.51. The Labute approximate surface area is 169 Å². The molecule has 2 aliphatic rings. The van der Waals surface area contributed by atoms with Crippen LogP contribution in [0.15, 0.2) is 36.3 Å². The van der Waals surface area contributed by atoms with E-state index in [1.807, 2.05) is 12.3 Å². The molecule has 2 aromatic rings. The number of imide groups is 1. The molecule has 2 fully saturated rings. The first kappa shape index (κ1) is 18.9. The highest BCUT2D eigenvalue weighted by Gasteiger charge is 2.30. The van der Waals surface area contributed by atoms with Gasteiger partial charge in [0.05, 0.1) is 5.69 Å². The lowest BCUT2D eigenvalue weighted by Crippen LogP contribution is -2.47. The van der Waals surface area contributed by atoms with Gasteiger partial charge in [0.25, 0.3) is 5.91 Å². The van der Waals surface area contributed by atoms with Gasteiger partial charge in [-0.15, -0.1) is 0 Å². The lowest BCUT2D eigenvalue weighted by Gasteiger charge is -2.36. The number of piperazine rings is 1. The summed E-state index contributed by atoms with van der Waals surface area (Å²) >= 11 is 0. The van der Waals surface area contributed by atoms with Crippen molar-refractivity contribution < 1.29 is 9.59 Å². The van der Waals surface area contributed by atoms with E-state index in [4.69, 9.17) is 0 Å². The zero-order valence-corrected chi connectivity index (χ0v) is 16.5. The van der Waals surface area contributed by atoms with Gasteiger partial charge in [0.1, 0.15) is 11.5 Å². The average Bonchev–Trinajstić information content (AvgIpc) is 3.00. The minimum atomic E-state index is -0.437. The molecule has 2 aliphatic heterocycles. The number of hydrogen-bond acceptors (Lipinski definition) is 7. The van der Waals surface area contributed by atoms with Gasteiger partial charge in [-0.05, 0) is 30.2 Å². The molecule has 0 atom stereocenters. The van der Waals surface area contributed by atoms with Crippen LogP contribution in [0, 0.1) is 0 Å². The quantitative estimate of drug-likeness (QED) is 0.618. The Morgan fingerprint density at radius 3 is 2.52 bits per heavy atom. The van der Waals surface area contributed by atoms with Crippen LogP contribution in [0.2, 0.25) is 0 Å². The fourth-order valence-electron chi connectivity index (χ4n) is 3.51. The predicted octanol–water partition coefficient (Wildman–Crippen LogP) is 1.28. The monoisotopic (exact) mass is 393 g/mol. The van der Waals surface area contributed by atoms with Crippen LogP contribution in [-0.2, 0) is 11.2 Å². The van der Waals surface area contributed by atoms with E-state index in [0.29, 0.717) is 11.6 Å². The van der Waals surface area contributed by atoms with Crippen LogP contribution in [0.25, 0.3) is 6.08 Å². The highest BCUT2D eigenvalue weighted by molar-refractivity contribution is 6.13. The van der Waals surface area contributed by atoms with E-state index in [2.05, 4.69) is 43.1 Å². The minimum Gasteiger partial charge on any atom is -0.353 e. The number of amides is 3. The van der Waals surface area contributed by atoms with Gasteiger partial charge in [-0.1, -0.05) is 13.0 Å². The summed E-state index contributed by atoms with van der Waals surface area (Å²) in [7, 11) is 1.55. The third-order valence-corrected chi connectivity index (χ3v) is 5.18. The number of likely N-dealkylation sites (N-methyl/N-ethyl adjacent to an activating group) is 1. The third kappa shape index (κ3) is 3.75. The second kappa shape index (κ2) is 7.86. The van der Waals surface area contributed by atoms with Crippen molar-refractivity contribution in [1.29, 1.82) is 0 Å². The molecule has 0 saturated carbocycles. The fraction of sp³-hybridized carbons (Fsp3) is 0.350. The predicted molar refractivity (Wildman–Crippen MR) is 109 cm³/mol. The molecule has 1 N–H and O–H groups in total. The molecule has 2 aromatic heterocycles. The molecule has 0 spiro atoms. The van der Waals surface area contributed by atoms with E-state index in [-0.39, 0.29) is 5.70 Å². The van der Waals surface area contributed by atoms with Crippen LogP contribution >= 0.6 is 0 Å². The SMILES string of the molecule is CCc1cccnc1N1CCN(c2nccc(C=C3C(=O)NC(=O)N3C)n2)CC1. The number of aryl methyl sites for hydroxylation is 1. The molecule has 4 rings (SSSR count). The summed E-state index contributed by atoms with van der Waals surface area (Å²) in [5.41, 5.74) is 2.10. The largest absolute Gasteiger partial charge is 0.353 e. The second-order valence-electron chi connectivity index (χ2n) is 6.94. The van der Waals surface area contributed by atoms with Gasteiger partial charge in [0, 0.05) is 45.6 Å². The van der Waals surface area contributed by atoms with Crippen molar-refractivity contribution in [2.24, 2.45) is 0 Å². The Hall–Kier alpha value is -3.49. The maximum absolute atomic E-state index is 11.9. The first-order valence-corrected chi connectivity index (χ1v) is 9.64. The summed E-state index contributed by atoms with van der Waals surface area (Å²) in [5.74, 6) is 1.24. The summed E-state index contributed by atoms with van der Waals surface area (Å²) < 4.78 is 0. The first-order chi connectivity index (χ1) is 14.1. The molecule has 9 nitrogen and oxygen atoms in total. The van der Waals surface area contributed by atoms with Gasteiger partial charge in [0.15, 0.2) is 0 Å². The molecule has 0 bridgehead atoms. The van der Waals surface area contributed by atoms with Gasteiger partial charge in [-0.3, -0.25) is 15.0 Å². The molecule has 29 heavy (non-hydrogen) atoms. The normalized spacial score (nSPS) is 18.6. The van der Waals surface area contributed by atoms with Crippen LogP contribution in [0.4, 0.5) is 16.6 Å². The molecule has 4 heterocycles. The minimum absolute atomic E-state index is 0.270. The van der Waals surface area contributed by atoms with Crippen molar-refractivity contribution in [2.75, 3.05) is 43.0 Å². The van der Waals surface area contributed by atoms with E-state index in [1.165, 1.54) is 10.5 Å². The molecule has 3 amide bonds. The number of hydrogen-bond donors (Lipinski definition) is 1. The Morgan fingerprint density at radius 2 is 1.83 bits per heavy atom. The number of nitrogens with one attached hydrogen (secondary N) is 1. The zero-order chi connectivity index (χ0) is 20.4. The zero-order valence-electron chi connectivity index (χ0n) is 16.5. The highest BCUT2D eigenvalue weighted by Crippen LogP contribution is 2.21. The lowest BCUT2D eigenvalue weighted by molar-refractivity contribution is -0.115. The molecule has 0 aliphatic carbocycles. The highest BCUT2D eigenvalue weighted by atomic mass is 16.2. The van der Waals surface area contributed by atoms with Gasteiger partial charge in [0.2, 0.25) is 5.95 Å². The molecular formula is C20H23N7O2. The number of carbonyl (C=O) groups excluding carboxylic acids is 2. The summed E-state index contributed by atoms with van der Waals surface area (Å²) in [5, 5.41) is 2.26. The molecule has 150 valence electrons. The Kier molecular flexibility index (Phi) is 5.11. The van der Waals surface area contributed by atoms with Crippen LogP contribution < -0.4 is 15.1 Å². The topological polar surface area (TPSA) is 94.6 Å². The van der Waals surface area contributed by atoms with E-state index in [0.717, 1.165) is 38.4 Å². The number of nitrogens with zero attached hydrogens (tertiary/aromatic N) is 6. The van der Waals surface area contributed by atoms with Gasteiger partial charge < -0.3 is 9.80 Å². The Bertz CT molecular complexity index is 967. The number of carbonyl (C=O) groups is 2. The van der Waals surface area contributed by atoms with Gasteiger partial charge in [-0.2, -0.15) is 0 Å². The number of aromatic nitrogens is 3. The van der Waals surface area contributed by atoms with E-state index in [9.17, 15) is 9.59 Å². The maximum atomic E-state index is 11.9. The summed E-state index contributed by atoms with van der Waals surface area (Å²) in [4.78, 5) is 42.7. The average molecular weight is 393 g/mol. The molecule has 0 radical (unpaired) electrons.